The van der Waals surface area contributed by atoms with Crippen molar-refractivity contribution in [3.05, 3.63) is 94.9 Å². The number of unbranched alkanes of at least 4 members (excludes halogenated alkanes) is 1. The molecule has 7 nitrogen and oxygen atoms in total. The van der Waals surface area contributed by atoms with Crippen LogP contribution in [0.1, 0.15) is 48.1 Å². The van der Waals surface area contributed by atoms with Crippen molar-refractivity contribution >= 4 is 35.0 Å². The van der Waals surface area contributed by atoms with E-state index in [1.165, 1.54) is 6.07 Å². The molecule has 0 amide bonds. The summed E-state index contributed by atoms with van der Waals surface area (Å²) in [4.78, 5) is 22.7. The highest BCUT2D eigenvalue weighted by Gasteiger charge is 2.18. The summed E-state index contributed by atoms with van der Waals surface area (Å²) in [5.74, 6) is -1.14. The molecule has 8 heteroatoms. The van der Waals surface area contributed by atoms with Gasteiger partial charge in [0.05, 0.1) is 18.7 Å². The Bertz CT molecular complexity index is 1520. The fraction of sp³-hybridized carbons (Fsp3) is 0.273. The third-order valence-electron chi connectivity index (χ3n) is 6.85. The second-order valence-corrected chi connectivity index (χ2v) is 9.77. The Kier molecular flexibility index (Phi) is 10.2. The van der Waals surface area contributed by atoms with Gasteiger partial charge in [-0.05, 0) is 73.6 Å². The lowest BCUT2D eigenvalue weighted by Crippen LogP contribution is -2.10. The number of ether oxygens (including phenoxy) is 2. The SMILES string of the molecule is Cc1c(CCCC(=O)O)c2cccc(C=Cc3ccc(OCCCCOc4ccccc4F)cc3)c2n1CC(=O)O. The van der Waals surface area contributed by atoms with Crippen LogP contribution >= 0.6 is 0 Å². The molecule has 3 aromatic carbocycles. The summed E-state index contributed by atoms with van der Waals surface area (Å²) in [5, 5.41) is 19.5. The number of rotatable bonds is 15. The molecule has 0 aliphatic rings. The van der Waals surface area contributed by atoms with E-state index in [1.807, 2.05) is 61.5 Å². The van der Waals surface area contributed by atoms with Crippen LogP contribution in [0.3, 0.4) is 0 Å². The minimum Gasteiger partial charge on any atom is -0.494 e. The largest absolute Gasteiger partial charge is 0.494 e. The lowest BCUT2D eigenvalue weighted by Gasteiger charge is -2.09. The first kappa shape index (κ1) is 29.4. The Hall–Kier alpha value is -4.59. The smallest absolute Gasteiger partial charge is 0.323 e. The summed E-state index contributed by atoms with van der Waals surface area (Å²) in [6.07, 6.45) is 6.56. The molecule has 0 radical (unpaired) electrons. The zero-order chi connectivity index (χ0) is 29.2. The fourth-order valence-electron chi connectivity index (χ4n) is 4.83. The van der Waals surface area contributed by atoms with Gasteiger partial charge in [-0.1, -0.05) is 54.6 Å². The monoisotopic (exact) mass is 559 g/mol. The van der Waals surface area contributed by atoms with E-state index in [9.17, 15) is 19.1 Å². The van der Waals surface area contributed by atoms with E-state index in [1.54, 1.807) is 22.8 Å². The molecule has 4 rings (SSSR count). The molecule has 0 aliphatic carbocycles. The fourth-order valence-corrected chi connectivity index (χ4v) is 4.83. The van der Waals surface area contributed by atoms with Crippen LogP contribution in [0.2, 0.25) is 0 Å². The topological polar surface area (TPSA) is 98.0 Å². The van der Waals surface area contributed by atoms with Crippen LogP contribution in [-0.4, -0.2) is 39.9 Å². The van der Waals surface area contributed by atoms with Crippen LogP contribution in [0.5, 0.6) is 11.5 Å². The van der Waals surface area contributed by atoms with Gasteiger partial charge >= 0.3 is 11.9 Å². The summed E-state index contributed by atoms with van der Waals surface area (Å²) in [6.45, 7) is 2.65. The Morgan fingerprint density at radius 1 is 0.854 bits per heavy atom. The number of aromatic nitrogens is 1. The van der Waals surface area contributed by atoms with Gasteiger partial charge in [-0.25, -0.2) is 4.39 Å². The lowest BCUT2D eigenvalue weighted by atomic mass is 10.0. The van der Waals surface area contributed by atoms with Crippen molar-refractivity contribution in [3.8, 4) is 11.5 Å². The minimum atomic E-state index is -0.936. The highest BCUT2D eigenvalue weighted by atomic mass is 19.1. The standard InChI is InChI=1S/C33H34FNO6/c1-23-27(9-7-13-31(36)37)28-10-6-8-25(33(28)35(23)22-32(38)39)17-14-24-15-18-26(19-16-24)40-20-4-5-21-41-30-12-3-2-11-29(30)34/h2-3,6,8,10-12,14-19H,4-5,7,9,13,20-22H2,1H3,(H,36,37)(H,38,39). The van der Waals surface area contributed by atoms with Crippen LogP contribution in [-0.2, 0) is 22.6 Å². The highest BCUT2D eigenvalue weighted by Crippen LogP contribution is 2.31. The van der Waals surface area contributed by atoms with Crippen molar-refractivity contribution < 1.29 is 33.7 Å². The van der Waals surface area contributed by atoms with E-state index in [-0.39, 0.29) is 24.5 Å². The molecule has 0 fully saturated rings. The maximum absolute atomic E-state index is 13.6. The van der Waals surface area contributed by atoms with Gasteiger partial charge in [-0.3, -0.25) is 9.59 Å². The molecule has 1 aromatic heterocycles. The Labute approximate surface area is 238 Å². The first-order valence-electron chi connectivity index (χ1n) is 13.7. The van der Waals surface area contributed by atoms with Gasteiger partial charge in [0.1, 0.15) is 12.3 Å². The van der Waals surface area contributed by atoms with Crippen molar-refractivity contribution in [1.29, 1.82) is 0 Å². The Morgan fingerprint density at radius 2 is 1.59 bits per heavy atom. The van der Waals surface area contributed by atoms with E-state index < -0.39 is 11.9 Å². The van der Waals surface area contributed by atoms with Crippen LogP contribution in [0, 0.1) is 12.7 Å². The van der Waals surface area contributed by atoms with Crippen LogP contribution in [0.4, 0.5) is 4.39 Å². The molecule has 0 aliphatic heterocycles. The number of hydrogen-bond donors (Lipinski definition) is 2. The summed E-state index contributed by atoms with van der Waals surface area (Å²) in [6, 6.07) is 19.9. The third-order valence-corrected chi connectivity index (χ3v) is 6.85. The first-order valence-corrected chi connectivity index (χ1v) is 13.7. The molecular formula is C33H34FNO6. The summed E-state index contributed by atoms with van der Waals surface area (Å²) in [5.41, 5.74) is 4.50. The molecule has 0 atom stereocenters. The second-order valence-electron chi connectivity index (χ2n) is 9.77. The molecule has 0 bridgehead atoms. The van der Waals surface area contributed by atoms with Gasteiger partial charge in [0, 0.05) is 17.5 Å². The van der Waals surface area contributed by atoms with E-state index in [2.05, 4.69) is 0 Å². The van der Waals surface area contributed by atoms with E-state index >= 15 is 0 Å². The van der Waals surface area contributed by atoms with Crippen molar-refractivity contribution in [1.82, 2.24) is 4.57 Å². The van der Waals surface area contributed by atoms with Crippen molar-refractivity contribution in [2.24, 2.45) is 0 Å². The second kappa shape index (κ2) is 14.2. The molecule has 0 saturated carbocycles. The molecule has 4 aromatic rings. The number of nitrogens with zero attached hydrogens (tertiary/aromatic N) is 1. The quantitative estimate of drug-likeness (QED) is 0.120. The van der Waals surface area contributed by atoms with Crippen molar-refractivity contribution in [2.45, 2.75) is 45.6 Å². The van der Waals surface area contributed by atoms with Crippen LogP contribution < -0.4 is 9.47 Å². The molecule has 41 heavy (non-hydrogen) atoms. The molecule has 0 unspecified atom stereocenters. The maximum Gasteiger partial charge on any atom is 0.323 e. The van der Waals surface area contributed by atoms with Gasteiger partial charge in [0.15, 0.2) is 11.6 Å². The van der Waals surface area contributed by atoms with Gasteiger partial charge < -0.3 is 24.3 Å². The van der Waals surface area contributed by atoms with Crippen molar-refractivity contribution in [2.75, 3.05) is 13.2 Å². The average Bonchev–Trinajstić information content (AvgIpc) is 3.21. The summed E-state index contributed by atoms with van der Waals surface area (Å²) < 4.78 is 26.7. The summed E-state index contributed by atoms with van der Waals surface area (Å²) >= 11 is 0. The number of fused-ring (bicyclic) bond motifs is 1. The van der Waals surface area contributed by atoms with Gasteiger partial charge in [-0.2, -0.15) is 0 Å². The Balaban J connectivity index is 1.38. The molecule has 214 valence electrons. The Morgan fingerprint density at radius 3 is 2.29 bits per heavy atom. The number of hydrogen-bond acceptors (Lipinski definition) is 4. The lowest BCUT2D eigenvalue weighted by molar-refractivity contribution is -0.138. The number of aliphatic carboxylic acids is 2. The maximum atomic E-state index is 13.6. The van der Waals surface area contributed by atoms with E-state index in [0.717, 1.165) is 51.9 Å². The van der Waals surface area contributed by atoms with E-state index in [4.69, 9.17) is 14.6 Å². The average molecular weight is 560 g/mol. The molecule has 0 spiro atoms. The van der Waals surface area contributed by atoms with Crippen LogP contribution in [0.15, 0.2) is 66.7 Å². The first-order chi connectivity index (χ1) is 19.8. The predicted octanol–water partition coefficient (Wildman–Crippen LogP) is 6.99. The number of halogens is 1. The third kappa shape index (κ3) is 7.97. The molecule has 0 saturated heterocycles. The van der Waals surface area contributed by atoms with Crippen LogP contribution in [0.25, 0.3) is 23.1 Å². The zero-order valence-electron chi connectivity index (χ0n) is 23.0. The number of carboxylic acids is 2. The van der Waals surface area contributed by atoms with Gasteiger partial charge in [0.2, 0.25) is 0 Å². The highest BCUT2D eigenvalue weighted by molar-refractivity contribution is 5.95. The summed E-state index contributed by atoms with van der Waals surface area (Å²) in [7, 11) is 0. The molecule has 1 heterocycles. The number of carbonyl (C=O) groups is 2. The molecular weight excluding hydrogens is 525 g/mol. The number of benzene rings is 3. The predicted molar refractivity (Wildman–Crippen MR) is 157 cm³/mol. The number of carboxylic acid groups (broad SMARTS) is 2. The number of aryl methyl sites for hydroxylation is 1. The van der Waals surface area contributed by atoms with Gasteiger partial charge in [0.25, 0.3) is 0 Å². The van der Waals surface area contributed by atoms with Crippen molar-refractivity contribution in [3.63, 3.8) is 0 Å². The zero-order valence-corrected chi connectivity index (χ0v) is 23.0. The number of para-hydroxylation sites is 2. The van der Waals surface area contributed by atoms with Gasteiger partial charge in [-0.15, -0.1) is 0 Å². The normalized spacial score (nSPS) is 11.3. The minimum absolute atomic E-state index is 0.0637. The van der Waals surface area contributed by atoms with E-state index in [0.29, 0.717) is 26.1 Å². The molecule has 2 N–H and O–H groups in total.